The van der Waals surface area contributed by atoms with Gasteiger partial charge in [-0.25, -0.2) is 8.42 Å². The van der Waals surface area contributed by atoms with E-state index in [2.05, 4.69) is 22.3 Å². The lowest BCUT2D eigenvalue weighted by Crippen LogP contribution is -2.29. The smallest absolute Gasteiger partial charge is 0.264 e. The zero-order chi connectivity index (χ0) is 25.5. The molecular formula is C28H33N3O4S. The van der Waals surface area contributed by atoms with Gasteiger partial charge in [-0.15, -0.1) is 0 Å². The molecule has 1 aliphatic rings. The molecule has 1 amide bonds. The second-order valence-corrected chi connectivity index (χ2v) is 11.0. The van der Waals surface area contributed by atoms with Gasteiger partial charge < -0.3 is 10.1 Å². The van der Waals surface area contributed by atoms with Crippen molar-refractivity contribution < 1.29 is 17.9 Å². The van der Waals surface area contributed by atoms with E-state index in [-0.39, 0.29) is 10.8 Å². The lowest BCUT2D eigenvalue weighted by Gasteiger charge is -2.26. The van der Waals surface area contributed by atoms with Crippen LogP contribution >= 0.6 is 0 Å². The minimum Gasteiger partial charge on any atom is -0.497 e. The van der Waals surface area contributed by atoms with Crippen molar-refractivity contribution in [3.63, 3.8) is 0 Å². The molecule has 3 aromatic rings. The van der Waals surface area contributed by atoms with Gasteiger partial charge in [0, 0.05) is 25.7 Å². The Hall–Kier alpha value is -3.36. The lowest BCUT2D eigenvalue weighted by atomic mass is 10.1. The number of anilines is 1. The second kappa shape index (κ2) is 11.6. The number of ether oxygens (including phenoxy) is 1. The average molecular weight is 508 g/mol. The molecule has 1 N–H and O–H groups in total. The molecule has 1 heterocycles. The SMILES string of the molecule is COc1ccc(S(=O)(=O)N(C)c2ccc(C(=O)NCc3cccc(CN4CCCCC4)c3)cc2)cc1. The predicted molar refractivity (Wildman–Crippen MR) is 142 cm³/mol. The van der Waals surface area contributed by atoms with Crippen LogP contribution in [-0.4, -0.2) is 46.5 Å². The fourth-order valence-corrected chi connectivity index (χ4v) is 5.56. The van der Waals surface area contributed by atoms with Crippen LogP contribution in [0.5, 0.6) is 5.75 Å². The Morgan fingerprint density at radius 2 is 1.61 bits per heavy atom. The number of methoxy groups -OCH3 is 1. The molecule has 0 radical (unpaired) electrons. The van der Waals surface area contributed by atoms with Crippen molar-refractivity contribution in [1.82, 2.24) is 10.2 Å². The highest BCUT2D eigenvalue weighted by Gasteiger charge is 2.21. The molecule has 0 atom stereocenters. The van der Waals surface area contributed by atoms with Crippen LogP contribution in [-0.2, 0) is 23.1 Å². The Bertz CT molecular complexity index is 1270. The molecule has 8 heteroatoms. The first-order valence-corrected chi connectivity index (χ1v) is 13.6. The molecule has 7 nitrogen and oxygen atoms in total. The zero-order valence-corrected chi connectivity index (χ0v) is 21.6. The molecule has 0 unspecified atom stereocenters. The van der Waals surface area contributed by atoms with Crippen molar-refractivity contribution in [2.24, 2.45) is 0 Å². The van der Waals surface area contributed by atoms with Gasteiger partial charge >= 0.3 is 0 Å². The van der Waals surface area contributed by atoms with Crippen LogP contribution < -0.4 is 14.4 Å². The van der Waals surface area contributed by atoms with E-state index in [0.717, 1.165) is 25.2 Å². The summed E-state index contributed by atoms with van der Waals surface area (Å²) in [7, 11) is -0.717. The first-order chi connectivity index (χ1) is 17.4. The highest BCUT2D eigenvalue weighted by molar-refractivity contribution is 7.92. The summed E-state index contributed by atoms with van der Waals surface area (Å²) in [6.07, 6.45) is 3.84. The van der Waals surface area contributed by atoms with Gasteiger partial charge in [-0.1, -0.05) is 30.7 Å². The van der Waals surface area contributed by atoms with Crippen LogP contribution in [0.1, 0.15) is 40.7 Å². The van der Waals surface area contributed by atoms with Gasteiger partial charge in [0.2, 0.25) is 0 Å². The Kier molecular flexibility index (Phi) is 8.28. The highest BCUT2D eigenvalue weighted by atomic mass is 32.2. The van der Waals surface area contributed by atoms with Gasteiger partial charge in [0.25, 0.3) is 15.9 Å². The molecule has 1 saturated heterocycles. The molecule has 0 saturated carbocycles. The molecular weight excluding hydrogens is 474 g/mol. The topological polar surface area (TPSA) is 79.0 Å². The van der Waals surface area contributed by atoms with Crippen molar-refractivity contribution in [2.45, 2.75) is 37.2 Å². The fourth-order valence-electron chi connectivity index (χ4n) is 4.37. The van der Waals surface area contributed by atoms with E-state index in [1.54, 1.807) is 36.4 Å². The minimum atomic E-state index is -3.74. The minimum absolute atomic E-state index is 0.162. The van der Waals surface area contributed by atoms with Gasteiger partial charge in [0.05, 0.1) is 17.7 Å². The Morgan fingerprint density at radius 1 is 0.944 bits per heavy atom. The van der Waals surface area contributed by atoms with Gasteiger partial charge in [-0.3, -0.25) is 14.0 Å². The quantitative estimate of drug-likeness (QED) is 0.463. The maximum atomic E-state index is 13.0. The third-order valence-electron chi connectivity index (χ3n) is 6.51. The number of benzene rings is 3. The van der Waals surface area contributed by atoms with E-state index < -0.39 is 10.0 Å². The largest absolute Gasteiger partial charge is 0.497 e. The molecule has 0 aliphatic carbocycles. The van der Waals surface area contributed by atoms with Crippen molar-refractivity contribution in [2.75, 3.05) is 31.6 Å². The molecule has 0 bridgehead atoms. The first kappa shape index (κ1) is 25.7. The van der Waals surface area contributed by atoms with Crippen LogP contribution in [0.3, 0.4) is 0 Å². The Balaban J connectivity index is 1.36. The maximum Gasteiger partial charge on any atom is 0.264 e. The molecule has 0 aromatic heterocycles. The van der Waals surface area contributed by atoms with E-state index in [0.29, 0.717) is 23.5 Å². The number of nitrogens with one attached hydrogen (secondary N) is 1. The molecule has 1 aliphatic heterocycles. The number of nitrogens with zero attached hydrogens (tertiary/aromatic N) is 2. The molecule has 36 heavy (non-hydrogen) atoms. The van der Waals surface area contributed by atoms with E-state index in [4.69, 9.17) is 4.74 Å². The number of likely N-dealkylation sites (tertiary alicyclic amines) is 1. The number of hydrogen-bond donors (Lipinski definition) is 1. The summed E-state index contributed by atoms with van der Waals surface area (Å²) in [6.45, 7) is 3.66. The van der Waals surface area contributed by atoms with E-state index in [1.807, 2.05) is 12.1 Å². The van der Waals surface area contributed by atoms with Gasteiger partial charge in [-0.2, -0.15) is 0 Å². The monoisotopic (exact) mass is 507 g/mol. The van der Waals surface area contributed by atoms with E-state index >= 15 is 0 Å². The number of sulfonamides is 1. The lowest BCUT2D eigenvalue weighted by molar-refractivity contribution is 0.0951. The number of piperidine rings is 1. The summed E-state index contributed by atoms with van der Waals surface area (Å²) in [6, 6.07) is 21.1. The number of rotatable bonds is 9. The van der Waals surface area contributed by atoms with Crippen LogP contribution in [0, 0.1) is 0 Å². The van der Waals surface area contributed by atoms with E-state index in [1.165, 1.54) is 55.4 Å². The normalized spacial score (nSPS) is 14.3. The van der Waals surface area contributed by atoms with Crippen LogP contribution in [0.15, 0.2) is 77.7 Å². The summed E-state index contributed by atoms with van der Waals surface area (Å²) in [5.74, 6) is 0.379. The summed E-state index contributed by atoms with van der Waals surface area (Å²) in [4.78, 5) is 15.4. The van der Waals surface area contributed by atoms with Crippen molar-refractivity contribution >= 4 is 21.6 Å². The number of hydrogen-bond acceptors (Lipinski definition) is 5. The van der Waals surface area contributed by atoms with Crippen molar-refractivity contribution in [3.05, 3.63) is 89.5 Å². The Morgan fingerprint density at radius 3 is 2.28 bits per heavy atom. The van der Waals surface area contributed by atoms with Crippen LogP contribution in [0.25, 0.3) is 0 Å². The maximum absolute atomic E-state index is 13.0. The van der Waals surface area contributed by atoms with Crippen molar-refractivity contribution in [1.29, 1.82) is 0 Å². The third kappa shape index (κ3) is 6.25. The number of amides is 1. The summed E-state index contributed by atoms with van der Waals surface area (Å²) in [5.41, 5.74) is 3.25. The summed E-state index contributed by atoms with van der Waals surface area (Å²) < 4.78 is 32.2. The molecule has 1 fully saturated rings. The zero-order valence-electron chi connectivity index (χ0n) is 20.8. The molecule has 0 spiro atoms. The summed E-state index contributed by atoms with van der Waals surface area (Å²) >= 11 is 0. The van der Waals surface area contributed by atoms with E-state index in [9.17, 15) is 13.2 Å². The first-order valence-electron chi connectivity index (χ1n) is 12.2. The number of carbonyl (C=O) groups excluding carboxylic acids is 1. The predicted octanol–water partition coefficient (Wildman–Crippen LogP) is 4.44. The number of carbonyl (C=O) groups is 1. The van der Waals surface area contributed by atoms with Crippen molar-refractivity contribution in [3.8, 4) is 5.75 Å². The fraction of sp³-hybridized carbons (Fsp3) is 0.321. The Labute approximate surface area is 213 Å². The van der Waals surface area contributed by atoms with Gasteiger partial charge in [-0.05, 0) is 85.6 Å². The standard InChI is InChI=1S/C28H33N3O4S/c1-30(36(33,34)27-15-13-26(35-2)14-16-27)25-11-9-24(10-12-25)28(32)29-20-22-7-6-8-23(19-22)21-31-17-4-3-5-18-31/h6-16,19H,3-5,17-18,20-21H2,1-2H3,(H,29,32). The third-order valence-corrected chi connectivity index (χ3v) is 8.31. The van der Waals surface area contributed by atoms with Gasteiger partial charge in [0.1, 0.15) is 5.75 Å². The highest BCUT2D eigenvalue weighted by Crippen LogP contribution is 2.24. The molecule has 4 rings (SSSR count). The second-order valence-electron chi connectivity index (χ2n) is 9.03. The summed E-state index contributed by atoms with van der Waals surface area (Å²) in [5, 5.41) is 2.97. The van der Waals surface area contributed by atoms with Gasteiger partial charge in [0.15, 0.2) is 0 Å². The molecule has 190 valence electrons. The average Bonchev–Trinajstić information content (AvgIpc) is 2.92. The van der Waals surface area contributed by atoms with Crippen LogP contribution in [0.2, 0.25) is 0 Å². The molecule has 3 aromatic carbocycles. The van der Waals surface area contributed by atoms with Crippen LogP contribution in [0.4, 0.5) is 5.69 Å².